The summed E-state index contributed by atoms with van der Waals surface area (Å²) >= 11 is 6.22. The molecule has 0 radical (unpaired) electrons. The highest BCUT2D eigenvalue weighted by Gasteiger charge is 2.31. The van der Waals surface area contributed by atoms with Gasteiger partial charge in [0.1, 0.15) is 16.4 Å². The second kappa shape index (κ2) is 11.5. The van der Waals surface area contributed by atoms with Gasteiger partial charge in [-0.2, -0.15) is 0 Å². The van der Waals surface area contributed by atoms with Crippen molar-refractivity contribution in [2.24, 2.45) is 7.05 Å². The number of nitro benzene ring substituents is 1. The maximum absolute atomic E-state index is 13.7. The van der Waals surface area contributed by atoms with Crippen molar-refractivity contribution >= 4 is 34.3 Å². The topological polar surface area (TPSA) is 104 Å². The van der Waals surface area contributed by atoms with E-state index in [4.69, 9.17) is 21.1 Å². The molecule has 0 saturated carbocycles. The van der Waals surface area contributed by atoms with E-state index >= 15 is 0 Å². The number of piperidine rings is 1. The van der Waals surface area contributed by atoms with E-state index in [0.29, 0.717) is 35.0 Å². The molecule has 0 bridgehead atoms. The van der Waals surface area contributed by atoms with Gasteiger partial charge in [-0.3, -0.25) is 14.9 Å². The van der Waals surface area contributed by atoms with Gasteiger partial charge in [0.05, 0.1) is 22.6 Å². The van der Waals surface area contributed by atoms with Crippen LogP contribution in [0.4, 0.5) is 10.5 Å². The lowest BCUT2D eigenvalue weighted by Gasteiger charge is -2.36. The maximum atomic E-state index is 13.7. The Balaban J connectivity index is 1.77. The number of pyridine rings is 1. The van der Waals surface area contributed by atoms with Crippen LogP contribution in [0.25, 0.3) is 22.0 Å². The second-order valence-electron chi connectivity index (χ2n) is 11.5. The minimum atomic E-state index is -0.602. The van der Waals surface area contributed by atoms with E-state index in [0.717, 1.165) is 30.4 Å². The summed E-state index contributed by atoms with van der Waals surface area (Å²) in [6.07, 6.45) is 2.86. The number of aryl methyl sites for hydroxylation is 3. The van der Waals surface area contributed by atoms with Crippen LogP contribution in [0.15, 0.2) is 35.1 Å². The predicted octanol–water partition coefficient (Wildman–Crippen LogP) is 6.94. The quantitative estimate of drug-likeness (QED) is 0.235. The third kappa shape index (κ3) is 6.25. The molecule has 3 aromatic rings. The number of hydrogen-bond donors (Lipinski definition) is 0. The number of hydrogen-bond acceptors (Lipinski definition) is 6. The molecule has 10 heteroatoms. The molecule has 40 heavy (non-hydrogen) atoms. The Bertz CT molecular complexity index is 1500. The van der Waals surface area contributed by atoms with E-state index in [1.807, 2.05) is 52.8 Å². The first-order chi connectivity index (χ1) is 18.8. The fourth-order valence-corrected chi connectivity index (χ4v) is 5.57. The van der Waals surface area contributed by atoms with Crippen molar-refractivity contribution in [3.63, 3.8) is 0 Å². The van der Waals surface area contributed by atoms with Crippen molar-refractivity contribution in [2.45, 2.75) is 71.9 Å². The van der Waals surface area contributed by atoms with Crippen molar-refractivity contribution in [3.05, 3.63) is 66.9 Å². The molecule has 1 amide bonds. The summed E-state index contributed by atoms with van der Waals surface area (Å²) in [4.78, 5) is 39.6. The Morgan fingerprint density at radius 2 is 1.80 bits per heavy atom. The van der Waals surface area contributed by atoms with E-state index in [1.54, 1.807) is 11.9 Å². The van der Waals surface area contributed by atoms with Crippen molar-refractivity contribution in [1.29, 1.82) is 0 Å². The summed E-state index contributed by atoms with van der Waals surface area (Å²) in [7, 11) is 1.61. The van der Waals surface area contributed by atoms with E-state index < -0.39 is 10.5 Å². The first-order valence-electron chi connectivity index (χ1n) is 13.5. The number of benzene rings is 2. The third-order valence-corrected chi connectivity index (χ3v) is 7.38. The fraction of sp³-hybridized carbons (Fsp3) is 0.467. The fourth-order valence-electron chi connectivity index (χ4n) is 5.34. The molecule has 1 saturated heterocycles. The van der Waals surface area contributed by atoms with Crippen LogP contribution in [-0.2, 0) is 11.8 Å². The Hall–Kier alpha value is -3.59. The molecule has 2 aromatic carbocycles. The van der Waals surface area contributed by atoms with Crippen LogP contribution in [0.1, 0.15) is 57.6 Å². The largest absolute Gasteiger partial charge is 0.492 e. The third-order valence-electron chi connectivity index (χ3n) is 7.08. The Labute approximate surface area is 238 Å². The monoisotopic (exact) mass is 569 g/mol. The predicted molar refractivity (Wildman–Crippen MR) is 156 cm³/mol. The number of nitrogens with zero attached hydrogens (tertiary/aromatic N) is 3. The number of likely N-dealkylation sites (tertiary alicyclic amines) is 1. The number of aromatic nitrogens is 1. The normalized spacial score (nSPS) is 15.8. The number of carbonyl (C=O) groups is 1. The maximum Gasteiger partial charge on any atom is 0.410 e. The standard InChI is InChI=1S/C30H36ClN3O6/c1-18-13-19(2)15-20(14-18)26-27(22-16-25(34(37)38)23(31)17-24(22)32(6)28(26)35)39-12-10-21-9-7-8-11-33(21)29(36)40-30(3,4)5/h13-17,21H,7-12H2,1-6H3. The van der Waals surface area contributed by atoms with Crippen LogP contribution >= 0.6 is 11.6 Å². The van der Waals surface area contributed by atoms with Gasteiger partial charge in [0.25, 0.3) is 11.2 Å². The molecule has 0 N–H and O–H groups in total. The van der Waals surface area contributed by atoms with Gasteiger partial charge in [-0.25, -0.2) is 4.79 Å². The molecule has 4 rings (SSSR count). The molecule has 2 heterocycles. The average Bonchev–Trinajstić information content (AvgIpc) is 2.85. The average molecular weight is 570 g/mol. The number of rotatable bonds is 6. The van der Waals surface area contributed by atoms with Gasteiger partial charge in [0.2, 0.25) is 0 Å². The molecule has 1 aliphatic rings. The van der Waals surface area contributed by atoms with Crippen LogP contribution in [-0.4, -0.2) is 45.3 Å². The van der Waals surface area contributed by atoms with E-state index in [2.05, 4.69) is 0 Å². The molecule has 214 valence electrons. The zero-order valence-electron chi connectivity index (χ0n) is 23.9. The first-order valence-corrected chi connectivity index (χ1v) is 13.9. The molecular weight excluding hydrogens is 534 g/mol. The summed E-state index contributed by atoms with van der Waals surface area (Å²) in [6, 6.07) is 8.52. The van der Waals surface area contributed by atoms with Gasteiger partial charge in [-0.05, 0) is 65.5 Å². The zero-order valence-corrected chi connectivity index (χ0v) is 24.6. The number of halogens is 1. The highest BCUT2D eigenvalue weighted by molar-refractivity contribution is 6.33. The lowest BCUT2D eigenvalue weighted by Crippen LogP contribution is -2.46. The van der Waals surface area contributed by atoms with Gasteiger partial charge >= 0.3 is 6.09 Å². The lowest BCUT2D eigenvalue weighted by molar-refractivity contribution is -0.384. The van der Waals surface area contributed by atoms with Crippen molar-refractivity contribution < 1.29 is 19.2 Å². The van der Waals surface area contributed by atoms with E-state index in [9.17, 15) is 19.7 Å². The van der Waals surface area contributed by atoms with Gasteiger partial charge in [-0.1, -0.05) is 40.9 Å². The summed E-state index contributed by atoms with van der Waals surface area (Å²) in [5, 5.41) is 12.1. The van der Waals surface area contributed by atoms with Crippen molar-refractivity contribution in [3.8, 4) is 16.9 Å². The zero-order chi connectivity index (χ0) is 29.4. The molecule has 1 aliphatic heterocycles. The van der Waals surface area contributed by atoms with Crippen molar-refractivity contribution in [2.75, 3.05) is 13.2 Å². The minimum absolute atomic E-state index is 0.0622. The SMILES string of the molecule is Cc1cc(C)cc(-c2c(OCCC3CCCCN3C(=O)OC(C)(C)C)c3cc([N+](=O)[O-])c(Cl)cc3n(C)c2=O)c1. The van der Waals surface area contributed by atoms with Crippen LogP contribution in [0, 0.1) is 24.0 Å². The summed E-state index contributed by atoms with van der Waals surface area (Å²) in [5.41, 5.74) is 2.19. The molecule has 1 unspecified atom stereocenters. The molecule has 9 nitrogen and oxygen atoms in total. The van der Waals surface area contributed by atoms with Crippen LogP contribution < -0.4 is 10.3 Å². The van der Waals surface area contributed by atoms with Crippen LogP contribution in [0.3, 0.4) is 0 Å². The van der Waals surface area contributed by atoms with Crippen LogP contribution in [0.2, 0.25) is 5.02 Å². The molecule has 1 atom stereocenters. The summed E-state index contributed by atoms with van der Waals surface area (Å²) in [5.74, 6) is 0.266. The van der Waals surface area contributed by atoms with E-state index in [1.165, 1.54) is 16.7 Å². The lowest BCUT2D eigenvalue weighted by atomic mass is 9.98. The molecule has 0 aliphatic carbocycles. The van der Waals surface area contributed by atoms with E-state index in [-0.39, 0.29) is 40.8 Å². The van der Waals surface area contributed by atoms with Gasteiger partial charge in [-0.15, -0.1) is 0 Å². The highest BCUT2D eigenvalue weighted by Crippen LogP contribution is 2.39. The van der Waals surface area contributed by atoms with Crippen molar-refractivity contribution in [1.82, 2.24) is 9.47 Å². The molecule has 1 aromatic heterocycles. The Kier molecular flexibility index (Phi) is 8.44. The van der Waals surface area contributed by atoms with Gasteiger partial charge in [0.15, 0.2) is 0 Å². The number of fused-ring (bicyclic) bond motifs is 1. The van der Waals surface area contributed by atoms with Gasteiger partial charge in [0, 0.05) is 37.5 Å². The first kappa shape index (κ1) is 29.4. The molecule has 0 spiro atoms. The second-order valence-corrected chi connectivity index (χ2v) is 11.9. The Morgan fingerprint density at radius 3 is 2.42 bits per heavy atom. The number of amides is 1. The van der Waals surface area contributed by atoms with Gasteiger partial charge < -0.3 is 18.9 Å². The number of ether oxygens (including phenoxy) is 2. The summed E-state index contributed by atoms with van der Waals surface area (Å²) in [6.45, 7) is 10.2. The molecular formula is C30H36ClN3O6. The van der Waals surface area contributed by atoms with Crippen LogP contribution in [0.5, 0.6) is 5.75 Å². The molecule has 1 fully saturated rings. The number of nitro groups is 1. The Morgan fingerprint density at radius 1 is 1.12 bits per heavy atom. The number of carbonyl (C=O) groups excluding carboxylic acids is 1. The minimum Gasteiger partial charge on any atom is -0.492 e. The smallest absolute Gasteiger partial charge is 0.410 e. The summed E-state index contributed by atoms with van der Waals surface area (Å²) < 4.78 is 13.4. The highest BCUT2D eigenvalue weighted by atomic mass is 35.5.